The number of rotatable bonds is 4. The Kier molecular flexibility index (Phi) is 5.39. The van der Waals surface area contributed by atoms with Crippen LogP contribution in [0.2, 0.25) is 0 Å². The van der Waals surface area contributed by atoms with Gasteiger partial charge in [0.2, 0.25) is 5.27 Å². The van der Waals surface area contributed by atoms with Crippen molar-refractivity contribution in [1.82, 2.24) is 10.2 Å². The van der Waals surface area contributed by atoms with E-state index in [1.807, 2.05) is 5.01 Å². The highest BCUT2D eigenvalue weighted by Gasteiger charge is 2.29. The number of ether oxygens (including phenoxy) is 2. The van der Waals surface area contributed by atoms with Gasteiger partial charge < -0.3 is 14.4 Å². The zero-order valence-electron chi connectivity index (χ0n) is 12.7. The summed E-state index contributed by atoms with van der Waals surface area (Å²) in [7, 11) is 0. The van der Waals surface area contributed by atoms with Crippen molar-refractivity contribution in [1.29, 1.82) is 0 Å². The molecule has 1 aliphatic rings. The average molecular weight is 314 g/mol. The summed E-state index contributed by atoms with van der Waals surface area (Å²) >= 11 is 0. The number of carbonyl (C=O) groups excluding carboxylic acids is 2. The molecule has 1 fully saturated rings. The Hall–Kier alpha value is -2.52. The molecule has 2 rings (SSSR count). The van der Waals surface area contributed by atoms with Gasteiger partial charge in [-0.15, -0.1) is 5.01 Å². The van der Waals surface area contributed by atoms with E-state index in [1.165, 1.54) is 11.0 Å². The summed E-state index contributed by atoms with van der Waals surface area (Å²) < 4.78 is 14.7. The van der Waals surface area contributed by atoms with Gasteiger partial charge in [-0.1, -0.05) is 0 Å². The topological polar surface area (TPSA) is 101 Å². The largest absolute Gasteiger partial charge is 0.450 e. The van der Waals surface area contributed by atoms with E-state index in [-0.39, 0.29) is 18.6 Å². The van der Waals surface area contributed by atoms with Gasteiger partial charge in [-0.2, -0.15) is 0 Å². The van der Waals surface area contributed by atoms with Crippen LogP contribution in [0, 0.1) is 0 Å². The fraction of sp³-hybridized carbons (Fsp3) is 0.667. The van der Waals surface area contributed by atoms with Crippen LogP contribution in [0.4, 0.5) is 15.5 Å². The van der Waals surface area contributed by atoms with Crippen LogP contribution < -0.4 is 15.1 Å². The van der Waals surface area contributed by atoms with E-state index in [4.69, 9.17) is 14.0 Å². The Bertz CT molecular complexity index is 512. The van der Waals surface area contributed by atoms with Gasteiger partial charge in [-0.05, 0) is 13.8 Å². The van der Waals surface area contributed by atoms with Crippen molar-refractivity contribution < 1.29 is 28.4 Å². The lowest BCUT2D eigenvalue weighted by Gasteiger charge is -2.29. The monoisotopic (exact) mass is 314 g/mol. The summed E-state index contributed by atoms with van der Waals surface area (Å²) in [6, 6.07) is 0. The van der Waals surface area contributed by atoms with E-state index in [2.05, 4.69) is 10.6 Å². The number of anilines is 1. The first kappa shape index (κ1) is 15.9. The molecule has 10 nitrogen and oxygen atoms in total. The van der Waals surface area contributed by atoms with E-state index in [0.29, 0.717) is 32.8 Å². The van der Waals surface area contributed by atoms with E-state index in [1.54, 1.807) is 18.7 Å². The first-order chi connectivity index (χ1) is 10.6. The lowest BCUT2D eigenvalue weighted by atomic mass is 10.4. The highest BCUT2D eigenvalue weighted by atomic mass is 16.6. The SMILES string of the molecule is CCOC(=O)Nc1c[n+](N2CCN(C(=O)OCC)CC2)no1. The van der Waals surface area contributed by atoms with Crippen LogP contribution in [-0.4, -0.2) is 61.8 Å². The second kappa shape index (κ2) is 7.48. The number of nitrogens with zero attached hydrogens (tertiary/aromatic N) is 4. The maximum absolute atomic E-state index is 11.6. The molecule has 1 aliphatic heterocycles. The standard InChI is InChI=1S/C12H19N5O5/c1-3-20-11(18)13-10-9-17(14-22-10)16-7-5-15(6-8-16)12(19)21-4-2/h9H,3-8H2,1-2H3/p+1. The molecule has 0 atom stereocenters. The highest BCUT2D eigenvalue weighted by molar-refractivity contribution is 5.82. The molecule has 0 bridgehead atoms. The Labute approximate surface area is 127 Å². The second-order valence-corrected chi connectivity index (χ2v) is 4.47. The van der Waals surface area contributed by atoms with Crippen LogP contribution in [0.15, 0.2) is 10.7 Å². The average Bonchev–Trinajstić information content (AvgIpc) is 2.96. The number of aromatic nitrogens is 2. The lowest BCUT2D eigenvalue weighted by Crippen LogP contribution is -2.65. The summed E-state index contributed by atoms with van der Waals surface area (Å²) in [6.45, 7) is 6.33. The van der Waals surface area contributed by atoms with E-state index >= 15 is 0 Å². The van der Waals surface area contributed by atoms with Gasteiger partial charge in [0.05, 0.1) is 31.1 Å². The van der Waals surface area contributed by atoms with Gasteiger partial charge in [0.15, 0.2) is 0 Å². The fourth-order valence-electron chi connectivity index (χ4n) is 1.99. The van der Waals surface area contributed by atoms with Gasteiger partial charge in [0, 0.05) is 13.1 Å². The predicted octanol–water partition coefficient (Wildman–Crippen LogP) is -0.0594. The maximum Gasteiger partial charge on any atom is 0.414 e. The first-order valence-corrected chi connectivity index (χ1v) is 7.13. The van der Waals surface area contributed by atoms with Crippen molar-refractivity contribution in [2.45, 2.75) is 13.8 Å². The third-order valence-corrected chi connectivity index (χ3v) is 3.03. The first-order valence-electron chi connectivity index (χ1n) is 7.13. The summed E-state index contributed by atoms with van der Waals surface area (Å²) in [6.07, 6.45) is 0.631. The summed E-state index contributed by atoms with van der Waals surface area (Å²) in [4.78, 5) is 26.0. The zero-order chi connectivity index (χ0) is 15.9. The van der Waals surface area contributed by atoms with Crippen LogP contribution >= 0.6 is 0 Å². The molecule has 0 aliphatic carbocycles. The van der Waals surface area contributed by atoms with Gasteiger partial charge in [-0.3, -0.25) is 9.84 Å². The third kappa shape index (κ3) is 3.99. The van der Waals surface area contributed by atoms with Crippen LogP contribution in [-0.2, 0) is 9.47 Å². The van der Waals surface area contributed by atoms with E-state index in [0.717, 1.165) is 0 Å². The van der Waals surface area contributed by atoms with E-state index in [9.17, 15) is 9.59 Å². The van der Waals surface area contributed by atoms with Crippen molar-refractivity contribution in [3.8, 4) is 0 Å². The van der Waals surface area contributed by atoms with Crippen molar-refractivity contribution in [2.24, 2.45) is 0 Å². The Balaban J connectivity index is 1.85. The molecule has 0 radical (unpaired) electrons. The minimum atomic E-state index is -0.599. The predicted molar refractivity (Wildman–Crippen MR) is 73.9 cm³/mol. The van der Waals surface area contributed by atoms with Gasteiger partial charge >= 0.3 is 18.1 Å². The van der Waals surface area contributed by atoms with Gasteiger partial charge in [-0.25, -0.2) is 9.59 Å². The van der Waals surface area contributed by atoms with Crippen LogP contribution in [0.3, 0.4) is 0 Å². The second-order valence-electron chi connectivity index (χ2n) is 4.47. The van der Waals surface area contributed by atoms with Gasteiger partial charge in [0.1, 0.15) is 0 Å². The summed E-state index contributed by atoms with van der Waals surface area (Å²) in [5.74, 6) is 0.186. The highest BCUT2D eigenvalue weighted by Crippen LogP contribution is 2.04. The summed E-state index contributed by atoms with van der Waals surface area (Å²) in [5.41, 5.74) is 0. The molecule has 122 valence electrons. The quantitative estimate of drug-likeness (QED) is 0.777. The van der Waals surface area contributed by atoms with Gasteiger partial charge in [0.25, 0.3) is 6.20 Å². The molecule has 2 heterocycles. The number of hydrogen-bond acceptors (Lipinski definition) is 7. The molecule has 0 unspecified atom stereocenters. The molecule has 2 amide bonds. The molecule has 0 aromatic carbocycles. The minimum Gasteiger partial charge on any atom is -0.450 e. The van der Waals surface area contributed by atoms with Crippen LogP contribution in [0.25, 0.3) is 0 Å². The van der Waals surface area contributed by atoms with E-state index < -0.39 is 6.09 Å². The number of piperazine rings is 1. The van der Waals surface area contributed by atoms with Crippen molar-refractivity contribution in [3.63, 3.8) is 0 Å². The number of amides is 2. The zero-order valence-corrected chi connectivity index (χ0v) is 12.7. The maximum atomic E-state index is 11.6. The Morgan fingerprint density at radius 2 is 1.95 bits per heavy atom. The molecular weight excluding hydrogens is 294 g/mol. The minimum absolute atomic E-state index is 0.186. The molecular formula is C12H20N5O5+. The molecule has 1 N–H and O–H groups in total. The number of carbonyl (C=O) groups is 2. The summed E-state index contributed by atoms with van der Waals surface area (Å²) in [5, 5.41) is 8.13. The molecule has 1 saturated heterocycles. The number of nitrogens with one attached hydrogen (secondary N) is 1. The fourth-order valence-corrected chi connectivity index (χ4v) is 1.99. The molecule has 0 spiro atoms. The smallest absolute Gasteiger partial charge is 0.414 e. The number of hydrogen-bond donors (Lipinski definition) is 1. The van der Waals surface area contributed by atoms with Crippen molar-refractivity contribution in [2.75, 3.05) is 49.7 Å². The van der Waals surface area contributed by atoms with Crippen LogP contribution in [0.1, 0.15) is 13.8 Å². The van der Waals surface area contributed by atoms with Crippen molar-refractivity contribution >= 4 is 18.1 Å². The Morgan fingerprint density at radius 1 is 1.27 bits per heavy atom. The van der Waals surface area contributed by atoms with Crippen molar-refractivity contribution in [3.05, 3.63) is 6.20 Å². The Morgan fingerprint density at radius 3 is 2.59 bits per heavy atom. The molecule has 10 heteroatoms. The van der Waals surface area contributed by atoms with Crippen LogP contribution in [0.5, 0.6) is 0 Å². The normalized spacial score (nSPS) is 14.6. The lowest BCUT2D eigenvalue weighted by molar-refractivity contribution is -0.759. The third-order valence-electron chi connectivity index (χ3n) is 3.03. The molecule has 1 aromatic heterocycles. The molecule has 1 aromatic rings. The molecule has 22 heavy (non-hydrogen) atoms. The molecule has 0 saturated carbocycles.